The molecule has 1 radical (unpaired) electrons. The molecule has 2 nitrogen and oxygen atoms in total. The molecule has 0 amide bonds. The fourth-order valence-corrected chi connectivity index (χ4v) is 2.08. The van der Waals surface area contributed by atoms with Gasteiger partial charge < -0.3 is 17.5 Å². The molecule has 6 heteroatoms. The minimum atomic E-state index is -0.122. The first kappa shape index (κ1) is 18.6. The second-order valence-electron chi connectivity index (χ2n) is 1.34. The van der Waals surface area contributed by atoms with Crippen molar-refractivity contribution in [1.82, 2.24) is 5.32 Å². The van der Waals surface area contributed by atoms with E-state index in [9.17, 15) is 4.79 Å². The van der Waals surface area contributed by atoms with E-state index in [4.69, 9.17) is 0 Å². The molecule has 0 spiro atoms. The van der Waals surface area contributed by atoms with E-state index >= 15 is 0 Å². The van der Waals surface area contributed by atoms with Crippen molar-refractivity contribution < 1.29 is 37.5 Å². The molecule has 0 heterocycles. The van der Waals surface area contributed by atoms with Crippen LogP contribution in [0.3, 0.4) is 0 Å². The number of nitrogens with one attached hydrogen (secondary N) is 1. The molecule has 2 unspecified atom stereocenters. The molecule has 0 aliphatic rings. The van der Waals surface area contributed by atoms with E-state index in [2.05, 4.69) is 13.8 Å². The molecule has 11 heavy (non-hydrogen) atoms. The van der Waals surface area contributed by atoms with E-state index in [0.29, 0.717) is 0 Å². The number of hydrogen-bond acceptors (Lipinski definition) is 4. The van der Waals surface area contributed by atoms with Crippen molar-refractivity contribution in [2.45, 2.75) is 6.04 Å². The van der Waals surface area contributed by atoms with E-state index < -0.39 is 0 Å². The maximum absolute atomic E-state index is 10.0. The van der Waals surface area contributed by atoms with Gasteiger partial charge in [0, 0.05) is 32.7 Å². The summed E-state index contributed by atoms with van der Waals surface area (Å²) in [7, 11) is 7.46. The van der Waals surface area contributed by atoms with Crippen molar-refractivity contribution in [1.29, 1.82) is 0 Å². The van der Waals surface area contributed by atoms with E-state index in [1.54, 1.807) is 28.3 Å². The van der Waals surface area contributed by atoms with Crippen LogP contribution >= 0.6 is 29.6 Å². The van der Waals surface area contributed by atoms with Gasteiger partial charge in [-0.1, -0.05) is 35.7 Å². The molecule has 0 aromatic rings. The topological polar surface area (TPSA) is 29.1 Å². The summed E-state index contributed by atoms with van der Waals surface area (Å²) in [6.45, 7) is 0. The molecule has 65 valence electrons. The van der Waals surface area contributed by atoms with Gasteiger partial charge >= 0.3 is 0 Å². The van der Waals surface area contributed by atoms with E-state index in [0.717, 1.165) is 5.75 Å². The van der Waals surface area contributed by atoms with Gasteiger partial charge in [-0.25, -0.2) is 6.29 Å². The largest absolute Gasteiger partial charge is 0.540 e. The zero-order chi connectivity index (χ0) is 7.11. The maximum Gasteiger partial charge on any atom is 0 e. The van der Waals surface area contributed by atoms with Crippen molar-refractivity contribution in [3.8, 4) is 0 Å². The molecule has 0 fully saturated rings. The molecule has 0 saturated carbocycles. The molecule has 0 saturated heterocycles. The minimum Gasteiger partial charge on any atom is -0.540 e. The van der Waals surface area contributed by atoms with Crippen molar-refractivity contribution >= 4 is 35.9 Å². The van der Waals surface area contributed by atoms with Crippen molar-refractivity contribution in [2.24, 2.45) is 0 Å². The van der Waals surface area contributed by atoms with Crippen LogP contribution in [0.1, 0.15) is 0 Å². The van der Waals surface area contributed by atoms with Crippen LogP contribution in [0.5, 0.6) is 0 Å². The van der Waals surface area contributed by atoms with Crippen LogP contribution in [0.25, 0.3) is 0 Å². The number of hydrogen-bond donors (Lipinski definition) is 1. The molecule has 1 N–H and O–H groups in total. The zero-order valence-corrected chi connectivity index (χ0v) is 12.3. The Kier molecular flexibility index (Phi) is 24.3. The minimum absolute atomic E-state index is 0. The third-order valence-corrected chi connectivity index (χ3v) is 3.44. The zero-order valence-electron chi connectivity index (χ0n) is 6.66. The van der Waals surface area contributed by atoms with Crippen LogP contribution in [0.2, 0.25) is 0 Å². The van der Waals surface area contributed by atoms with Gasteiger partial charge in [0.05, 0.1) is 0 Å². The van der Waals surface area contributed by atoms with E-state index in [1.165, 1.54) is 0 Å². The van der Waals surface area contributed by atoms with E-state index in [-0.39, 0.29) is 46.2 Å². The Labute approximate surface area is 104 Å². The van der Waals surface area contributed by atoms with Crippen molar-refractivity contribution in [3.05, 3.63) is 7.43 Å². The Morgan fingerprint density at radius 3 is 2.55 bits per heavy atom. The second kappa shape index (κ2) is 14.4. The van der Waals surface area contributed by atoms with Gasteiger partial charge in [0.1, 0.15) is 0 Å². The van der Waals surface area contributed by atoms with Crippen LogP contribution in [0.4, 0.5) is 0 Å². The molecule has 0 aromatic carbocycles. The summed E-state index contributed by atoms with van der Waals surface area (Å²) in [4.78, 5) is 10.0. The predicted octanol–water partition coefficient (Wildman–Crippen LogP) is 1.30. The molecule has 0 aromatic heterocycles. The molecule has 0 aliphatic heterocycles. The molecule has 0 rings (SSSR count). The first-order valence-corrected chi connectivity index (χ1v) is 6.18. The van der Waals surface area contributed by atoms with Crippen LogP contribution in [-0.4, -0.2) is 25.1 Å². The summed E-state index contributed by atoms with van der Waals surface area (Å²) < 4.78 is 0. The summed E-state index contributed by atoms with van der Waals surface area (Å²) in [6, 6.07) is -0.122. The van der Waals surface area contributed by atoms with E-state index in [1.807, 2.05) is 6.29 Å². The molecular weight excluding hydrogens is 274 g/mol. The standard InChI is InChI=1S/C4H9NOPS2.CH3.Y/c1-5-4(2-6)3-8-9-7;;/h4-5H,3,7H2,1H3;1H3;/q2*-1;. The molecular formula is C5H12NOPS2Y-2. The second-order valence-corrected chi connectivity index (χ2v) is 5.12. The summed E-state index contributed by atoms with van der Waals surface area (Å²) in [6.07, 6.45) is 1.88. The average molecular weight is 286 g/mol. The summed E-state index contributed by atoms with van der Waals surface area (Å²) in [5.41, 5.74) is 0. The molecule has 0 bridgehead atoms. The Bertz CT molecular complexity index is 88.9. The smallest absolute Gasteiger partial charge is 0 e. The van der Waals surface area contributed by atoms with Crippen molar-refractivity contribution in [3.63, 3.8) is 0 Å². The first-order chi connectivity index (χ1) is 4.35. The van der Waals surface area contributed by atoms with Gasteiger partial charge in [-0.05, 0) is 12.8 Å². The number of carbonyl (C=O) groups excluding carboxylic acids is 1. The average Bonchev–Trinajstić information content (AvgIpc) is 1.91. The van der Waals surface area contributed by atoms with Crippen molar-refractivity contribution in [2.75, 3.05) is 12.8 Å². The van der Waals surface area contributed by atoms with Gasteiger partial charge in [-0.15, -0.1) is 0 Å². The molecule has 2 atom stereocenters. The van der Waals surface area contributed by atoms with Crippen LogP contribution in [-0.2, 0) is 37.5 Å². The SMILES string of the molecule is CNC([C-]=O)CSSP.[CH3-].[Y]. The number of rotatable bonds is 5. The van der Waals surface area contributed by atoms with Gasteiger partial charge in [-0.3, -0.25) is 0 Å². The predicted molar refractivity (Wildman–Crippen MR) is 54.7 cm³/mol. The third-order valence-electron chi connectivity index (χ3n) is 0.793. The Hall–Kier alpha value is 1.86. The Balaban J connectivity index is -0.000000320. The Morgan fingerprint density at radius 2 is 2.27 bits per heavy atom. The summed E-state index contributed by atoms with van der Waals surface area (Å²) in [5.74, 6) is 0.772. The monoisotopic (exact) mass is 286 g/mol. The van der Waals surface area contributed by atoms with Gasteiger partial charge in [0.15, 0.2) is 0 Å². The Morgan fingerprint density at radius 1 is 1.73 bits per heavy atom. The molecule has 0 aliphatic carbocycles. The number of likely N-dealkylation sites (N-methyl/N-ethyl adjacent to an activating group) is 1. The van der Waals surface area contributed by atoms with Crippen LogP contribution < -0.4 is 5.32 Å². The van der Waals surface area contributed by atoms with Gasteiger partial charge in [-0.2, -0.15) is 0 Å². The fourth-order valence-electron chi connectivity index (χ4n) is 0.284. The summed E-state index contributed by atoms with van der Waals surface area (Å²) in [5, 5.41) is 2.82. The fraction of sp³-hybridized carbons (Fsp3) is 0.600. The van der Waals surface area contributed by atoms with Crippen LogP contribution in [0.15, 0.2) is 0 Å². The van der Waals surface area contributed by atoms with Gasteiger partial charge in [0.25, 0.3) is 0 Å². The quantitative estimate of drug-likeness (QED) is 0.469. The normalized spacial score (nSPS) is 10.7. The third kappa shape index (κ3) is 11.9. The first-order valence-electron chi connectivity index (χ1n) is 2.38. The van der Waals surface area contributed by atoms with Crippen LogP contribution in [0, 0.1) is 7.43 Å². The maximum atomic E-state index is 10.0. The summed E-state index contributed by atoms with van der Waals surface area (Å²) >= 11 is 0. The van der Waals surface area contributed by atoms with Gasteiger partial charge in [0.2, 0.25) is 0 Å².